The van der Waals surface area contributed by atoms with Crippen molar-refractivity contribution in [1.82, 2.24) is 10.6 Å². The highest BCUT2D eigenvalue weighted by molar-refractivity contribution is 9.10. The molecule has 96 valence electrons. The number of carbonyl (C=O) groups excluding carboxylic acids is 2. The maximum atomic E-state index is 11.6. The Labute approximate surface area is 113 Å². The van der Waals surface area contributed by atoms with Crippen LogP contribution in [0.3, 0.4) is 0 Å². The van der Waals surface area contributed by atoms with Crippen molar-refractivity contribution in [3.63, 3.8) is 0 Å². The van der Waals surface area contributed by atoms with E-state index in [2.05, 4.69) is 26.6 Å². The van der Waals surface area contributed by atoms with Gasteiger partial charge in [-0.15, -0.1) is 0 Å². The number of methoxy groups -OCH3 is 1. The molecule has 0 radical (unpaired) electrons. The third kappa shape index (κ3) is 3.01. The van der Waals surface area contributed by atoms with E-state index in [1.54, 1.807) is 7.11 Å². The highest BCUT2D eigenvalue weighted by atomic mass is 79.9. The van der Waals surface area contributed by atoms with Crippen LogP contribution in [0.5, 0.6) is 5.75 Å². The largest absolute Gasteiger partial charge is 0.497 e. The van der Waals surface area contributed by atoms with Crippen molar-refractivity contribution in [2.24, 2.45) is 0 Å². The lowest BCUT2D eigenvalue weighted by molar-refractivity contribution is -0.137. The minimum absolute atomic E-state index is 0.0840. The standard InChI is InChI=1S/C12H13BrN2O3/c1-18-9-3-7(2-8(13)4-9)6-14-12(17)10-5-11(16)15-10/h2-4,10H,5-6H2,1H3,(H,14,17)(H,15,16). The van der Waals surface area contributed by atoms with Gasteiger partial charge in [0.25, 0.3) is 0 Å². The molecule has 0 saturated carbocycles. The van der Waals surface area contributed by atoms with E-state index >= 15 is 0 Å². The predicted octanol–water partition coefficient (Wildman–Crippen LogP) is 0.962. The fraction of sp³-hybridized carbons (Fsp3) is 0.333. The van der Waals surface area contributed by atoms with Gasteiger partial charge in [0.15, 0.2) is 0 Å². The van der Waals surface area contributed by atoms with Crippen LogP contribution >= 0.6 is 15.9 Å². The van der Waals surface area contributed by atoms with E-state index in [0.717, 1.165) is 15.8 Å². The Morgan fingerprint density at radius 3 is 2.89 bits per heavy atom. The molecule has 0 bridgehead atoms. The minimum atomic E-state index is -0.383. The molecule has 2 rings (SSSR count). The van der Waals surface area contributed by atoms with Gasteiger partial charge in [-0.05, 0) is 23.8 Å². The molecule has 1 fully saturated rings. The van der Waals surface area contributed by atoms with Crippen LogP contribution in [0.2, 0.25) is 0 Å². The summed E-state index contributed by atoms with van der Waals surface area (Å²) in [6.07, 6.45) is 0.271. The fourth-order valence-corrected chi connectivity index (χ4v) is 2.19. The van der Waals surface area contributed by atoms with E-state index in [9.17, 15) is 9.59 Å². The van der Waals surface area contributed by atoms with Gasteiger partial charge in [-0.2, -0.15) is 0 Å². The zero-order valence-electron chi connectivity index (χ0n) is 9.83. The lowest BCUT2D eigenvalue weighted by Crippen LogP contribution is -2.56. The van der Waals surface area contributed by atoms with Gasteiger partial charge in [0.2, 0.25) is 11.8 Å². The third-order valence-electron chi connectivity index (χ3n) is 2.67. The van der Waals surface area contributed by atoms with E-state index in [4.69, 9.17) is 4.74 Å². The van der Waals surface area contributed by atoms with Crippen LogP contribution in [-0.2, 0) is 16.1 Å². The Balaban J connectivity index is 1.91. The zero-order chi connectivity index (χ0) is 13.1. The van der Waals surface area contributed by atoms with E-state index < -0.39 is 0 Å². The molecule has 18 heavy (non-hydrogen) atoms. The summed E-state index contributed by atoms with van der Waals surface area (Å²) in [5.74, 6) is 0.485. The summed E-state index contributed by atoms with van der Waals surface area (Å²) in [5.41, 5.74) is 0.931. The highest BCUT2D eigenvalue weighted by Gasteiger charge is 2.31. The fourth-order valence-electron chi connectivity index (χ4n) is 1.67. The second kappa shape index (κ2) is 5.39. The normalized spacial score (nSPS) is 17.7. The van der Waals surface area contributed by atoms with Crippen molar-refractivity contribution >= 4 is 27.7 Å². The van der Waals surface area contributed by atoms with Crippen LogP contribution in [-0.4, -0.2) is 25.0 Å². The monoisotopic (exact) mass is 312 g/mol. The van der Waals surface area contributed by atoms with Gasteiger partial charge in [0.05, 0.1) is 13.5 Å². The van der Waals surface area contributed by atoms with Crippen LogP contribution in [0, 0.1) is 0 Å². The summed E-state index contributed by atoms with van der Waals surface area (Å²) in [7, 11) is 1.59. The maximum Gasteiger partial charge on any atom is 0.243 e. The first-order valence-corrected chi connectivity index (χ1v) is 6.28. The molecule has 2 amide bonds. The van der Waals surface area contributed by atoms with Crippen LogP contribution in [0.15, 0.2) is 22.7 Å². The molecule has 5 nitrogen and oxygen atoms in total. The minimum Gasteiger partial charge on any atom is -0.497 e. The summed E-state index contributed by atoms with van der Waals surface area (Å²) in [6, 6.07) is 5.22. The van der Waals surface area contributed by atoms with Gasteiger partial charge < -0.3 is 15.4 Å². The maximum absolute atomic E-state index is 11.6. The predicted molar refractivity (Wildman–Crippen MR) is 69.1 cm³/mol. The van der Waals surface area contributed by atoms with Crippen LogP contribution < -0.4 is 15.4 Å². The van der Waals surface area contributed by atoms with E-state index in [1.807, 2.05) is 18.2 Å². The van der Waals surface area contributed by atoms with E-state index in [1.165, 1.54) is 0 Å². The Morgan fingerprint density at radius 1 is 1.56 bits per heavy atom. The Kier molecular flexibility index (Phi) is 3.86. The van der Waals surface area contributed by atoms with Gasteiger partial charge >= 0.3 is 0 Å². The number of hydrogen-bond acceptors (Lipinski definition) is 3. The van der Waals surface area contributed by atoms with E-state index in [0.29, 0.717) is 6.54 Å². The summed E-state index contributed by atoms with van der Waals surface area (Å²) in [4.78, 5) is 22.3. The summed E-state index contributed by atoms with van der Waals surface area (Å²) >= 11 is 3.37. The molecule has 0 aromatic heterocycles. The number of carbonyl (C=O) groups is 2. The summed E-state index contributed by atoms with van der Waals surface area (Å²) in [6.45, 7) is 0.404. The Hall–Kier alpha value is -1.56. The lowest BCUT2D eigenvalue weighted by atomic mass is 10.1. The van der Waals surface area contributed by atoms with Crippen molar-refractivity contribution in [3.05, 3.63) is 28.2 Å². The Bertz CT molecular complexity index is 482. The number of halogens is 1. The van der Waals surface area contributed by atoms with Crippen LogP contribution in [0.1, 0.15) is 12.0 Å². The summed E-state index contributed by atoms with van der Waals surface area (Å²) < 4.78 is 6.03. The second-order valence-electron chi connectivity index (χ2n) is 4.04. The molecule has 1 aliphatic rings. The molecule has 1 unspecified atom stereocenters. The number of rotatable bonds is 4. The molecule has 1 aliphatic heterocycles. The molecule has 1 atom stereocenters. The van der Waals surface area contributed by atoms with Gasteiger partial charge in [-0.25, -0.2) is 0 Å². The lowest BCUT2D eigenvalue weighted by Gasteiger charge is -2.25. The second-order valence-corrected chi connectivity index (χ2v) is 4.96. The molecule has 6 heteroatoms. The summed E-state index contributed by atoms with van der Waals surface area (Å²) in [5, 5.41) is 5.30. The molecular weight excluding hydrogens is 300 g/mol. The SMILES string of the molecule is COc1cc(Br)cc(CNC(=O)C2CC(=O)N2)c1. The number of hydrogen-bond donors (Lipinski definition) is 2. The topological polar surface area (TPSA) is 67.4 Å². The smallest absolute Gasteiger partial charge is 0.243 e. The quantitative estimate of drug-likeness (QED) is 0.814. The van der Waals surface area contributed by atoms with Crippen LogP contribution in [0.4, 0.5) is 0 Å². The van der Waals surface area contributed by atoms with Gasteiger partial charge in [-0.3, -0.25) is 9.59 Å². The number of β-lactam (4-membered cyclic amide) rings is 1. The Morgan fingerprint density at radius 2 is 2.28 bits per heavy atom. The molecule has 1 saturated heterocycles. The van der Waals surface area contributed by atoms with Crippen LogP contribution in [0.25, 0.3) is 0 Å². The molecule has 1 heterocycles. The first kappa shape index (κ1) is 12.9. The third-order valence-corrected chi connectivity index (χ3v) is 3.13. The molecule has 1 aromatic rings. The number of ether oxygens (including phenoxy) is 1. The molecule has 0 aliphatic carbocycles. The average Bonchev–Trinajstić information content (AvgIpc) is 2.31. The molecule has 0 spiro atoms. The van der Waals surface area contributed by atoms with Crippen molar-refractivity contribution in [1.29, 1.82) is 0 Å². The number of amides is 2. The highest BCUT2D eigenvalue weighted by Crippen LogP contribution is 2.21. The first-order valence-electron chi connectivity index (χ1n) is 5.49. The van der Waals surface area contributed by atoms with Gasteiger partial charge in [0, 0.05) is 11.0 Å². The number of benzene rings is 1. The van der Waals surface area contributed by atoms with Crippen molar-refractivity contribution in [3.8, 4) is 5.75 Å². The van der Waals surface area contributed by atoms with Gasteiger partial charge in [0.1, 0.15) is 11.8 Å². The number of nitrogens with one attached hydrogen (secondary N) is 2. The molecule has 2 N–H and O–H groups in total. The zero-order valence-corrected chi connectivity index (χ0v) is 11.4. The van der Waals surface area contributed by atoms with Crippen molar-refractivity contribution < 1.29 is 14.3 Å². The molecular formula is C12H13BrN2O3. The van der Waals surface area contributed by atoms with Gasteiger partial charge in [-0.1, -0.05) is 15.9 Å². The van der Waals surface area contributed by atoms with Crippen molar-refractivity contribution in [2.75, 3.05) is 7.11 Å². The van der Waals surface area contributed by atoms with E-state index in [-0.39, 0.29) is 24.3 Å². The van der Waals surface area contributed by atoms with Crippen molar-refractivity contribution in [2.45, 2.75) is 19.0 Å². The average molecular weight is 313 g/mol. The molecule has 1 aromatic carbocycles. The first-order chi connectivity index (χ1) is 8.58.